The van der Waals surface area contributed by atoms with Gasteiger partial charge in [0.2, 0.25) is 0 Å². The van der Waals surface area contributed by atoms with Crippen molar-refractivity contribution in [2.45, 2.75) is 6.92 Å². The molecule has 6 heteroatoms. The first-order valence-electron chi connectivity index (χ1n) is 10.2. The van der Waals surface area contributed by atoms with E-state index in [0.29, 0.717) is 0 Å². The van der Waals surface area contributed by atoms with Crippen LogP contribution in [0.15, 0.2) is 84.6 Å². The van der Waals surface area contributed by atoms with E-state index in [2.05, 4.69) is 37.8 Å². The maximum Gasteiger partial charge on any atom is 0.123 e. The summed E-state index contributed by atoms with van der Waals surface area (Å²) in [6.45, 7) is 5.64. The predicted octanol–water partition coefficient (Wildman–Crippen LogP) is 6.53. The van der Waals surface area contributed by atoms with Crippen molar-refractivity contribution in [1.82, 2.24) is 20.2 Å². The molecule has 0 radical (unpaired) electrons. The first kappa shape index (κ1) is 19.6. The number of aliphatic imine (C=N–C) groups is 1. The molecule has 2 aromatic carbocycles. The van der Waals surface area contributed by atoms with Gasteiger partial charge in [0.1, 0.15) is 11.5 Å². The molecule has 0 saturated heterocycles. The van der Waals surface area contributed by atoms with Gasteiger partial charge < -0.3 is 4.98 Å². The third-order valence-electron chi connectivity index (χ3n) is 5.39. The van der Waals surface area contributed by atoms with Crippen molar-refractivity contribution in [2.75, 3.05) is 0 Å². The lowest BCUT2D eigenvalue weighted by molar-refractivity contribution is 0.628. The molecule has 0 saturated carbocycles. The summed E-state index contributed by atoms with van der Waals surface area (Å²) >= 11 is 0. The van der Waals surface area contributed by atoms with Gasteiger partial charge in [0.25, 0.3) is 0 Å². The van der Waals surface area contributed by atoms with Crippen LogP contribution >= 0.6 is 0 Å². The van der Waals surface area contributed by atoms with Gasteiger partial charge in [-0.25, -0.2) is 4.39 Å². The number of rotatable bonds is 5. The van der Waals surface area contributed by atoms with Crippen molar-refractivity contribution >= 4 is 33.7 Å². The second-order valence-electron chi connectivity index (χ2n) is 7.36. The monoisotopic (exact) mass is 421 g/mol. The van der Waals surface area contributed by atoms with Crippen LogP contribution in [0.2, 0.25) is 0 Å². The summed E-state index contributed by atoms with van der Waals surface area (Å²) in [5, 5.41) is 9.59. The normalized spacial score (nSPS) is 12.2. The second-order valence-corrected chi connectivity index (χ2v) is 7.36. The summed E-state index contributed by atoms with van der Waals surface area (Å²) in [4.78, 5) is 12.2. The molecule has 32 heavy (non-hydrogen) atoms. The van der Waals surface area contributed by atoms with E-state index in [4.69, 9.17) is 0 Å². The molecule has 5 nitrogen and oxygen atoms in total. The Morgan fingerprint density at radius 2 is 1.97 bits per heavy atom. The molecular weight excluding hydrogens is 401 g/mol. The van der Waals surface area contributed by atoms with Gasteiger partial charge in [0.05, 0.1) is 28.6 Å². The minimum absolute atomic E-state index is 0.278. The number of fused-ring (bicyclic) bond motifs is 2. The van der Waals surface area contributed by atoms with Crippen LogP contribution in [0.25, 0.3) is 50.0 Å². The average Bonchev–Trinajstić information content (AvgIpc) is 3.43. The van der Waals surface area contributed by atoms with Crippen LogP contribution in [-0.2, 0) is 0 Å². The minimum atomic E-state index is -0.278. The number of aromatic nitrogens is 4. The van der Waals surface area contributed by atoms with Gasteiger partial charge in [0, 0.05) is 34.3 Å². The van der Waals surface area contributed by atoms with Gasteiger partial charge in [-0.1, -0.05) is 36.9 Å². The fourth-order valence-electron chi connectivity index (χ4n) is 3.89. The Morgan fingerprint density at radius 3 is 2.78 bits per heavy atom. The zero-order chi connectivity index (χ0) is 22.1. The molecule has 0 spiro atoms. The van der Waals surface area contributed by atoms with Crippen molar-refractivity contribution in [3.8, 4) is 22.5 Å². The zero-order valence-electron chi connectivity index (χ0n) is 17.4. The molecule has 2 N–H and O–H groups in total. The van der Waals surface area contributed by atoms with E-state index in [-0.39, 0.29) is 5.82 Å². The first-order valence-corrected chi connectivity index (χ1v) is 10.2. The standard InChI is InChI=1S/C26H20FN5/c1-3-10-29-22(4-2)17-8-9-23-20(12-17)26(32-31-23)24-13-19-21(14-28-15-25(19)30-24)16-6-5-7-18(27)11-16/h3-15,30H,1H2,2H3,(H,31,32)/b22-4-,29-10?. The Bertz CT molecular complexity index is 1520. The van der Waals surface area contributed by atoms with E-state index >= 15 is 0 Å². The van der Waals surface area contributed by atoms with Gasteiger partial charge >= 0.3 is 0 Å². The SMILES string of the molecule is C=CC=N/C(=C\C)c1ccc2[nH]nc(-c3cc4c(-c5cccc(F)c5)cncc4[nH]3)c2c1. The van der Waals surface area contributed by atoms with Crippen molar-refractivity contribution in [3.05, 3.63) is 91.0 Å². The van der Waals surface area contributed by atoms with Crippen LogP contribution in [0.4, 0.5) is 4.39 Å². The number of hydrogen-bond donors (Lipinski definition) is 2. The molecule has 0 fully saturated rings. The van der Waals surface area contributed by atoms with E-state index in [9.17, 15) is 4.39 Å². The number of allylic oxidation sites excluding steroid dienone is 2. The molecule has 5 rings (SSSR count). The maximum absolute atomic E-state index is 13.8. The van der Waals surface area contributed by atoms with Crippen LogP contribution in [-0.4, -0.2) is 26.4 Å². The van der Waals surface area contributed by atoms with E-state index < -0.39 is 0 Å². The van der Waals surface area contributed by atoms with Crippen LogP contribution < -0.4 is 0 Å². The Labute approximate surface area is 184 Å². The summed E-state index contributed by atoms with van der Waals surface area (Å²) in [7, 11) is 0. The fourth-order valence-corrected chi connectivity index (χ4v) is 3.89. The third-order valence-corrected chi connectivity index (χ3v) is 5.39. The maximum atomic E-state index is 13.8. The van der Waals surface area contributed by atoms with E-state index in [1.54, 1.807) is 30.8 Å². The van der Waals surface area contributed by atoms with Gasteiger partial charge in [-0.3, -0.25) is 15.1 Å². The second kappa shape index (κ2) is 8.07. The number of nitrogens with one attached hydrogen (secondary N) is 2. The minimum Gasteiger partial charge on any atom is -0.352 e. The molecule has 156 valence electrons. The molecule has 0 atom stereocenters. The number of nitrogens with zero attached hydrogens (tertiary/aromatic N) is 3. The van der Waals surface area contributed by atoms with Crippen molar-refractivity contribution < 1.29 is 4.39 Å². The van der Waals surface area contributed by atoms with E-state index in [0.717, 1.165) is 55.6 Å². The van der Waals surface area contributed by atoms with Crippen LogP contribution in [0, 0.1) is 5.82 Å². The Morgan fingerprint density at radius 1 is 1.06 bits per heavy atom. The molecule has 5 aromatic rings. The van der Waals surface area contributed by atoms with E-state index in [1.165, 1.54) is 12.1 Å². The van der Waals surface area contributed by atoms with Crippen LogP contribution in [0.3, 0.4) is 0 Å². The largest absolute Gasteiger partial charge is 0.352 e. The summed E-state index contributed by atoms with van der Waals surface area (Å²) in [6.07, 6.45) is 8.81. The summed E-state index contributed by atoms with van der Waals surface area (Å²) in [5.41, 5.74) is 6.91. The molecule has 3 aromatic heterocycles. The Kier molecular flexibility index (Phi) is 4.95. The molecule has 0 aliphatic heterocycles. The van der Waals surface area contributed by atoms with Crippen molar-refractivity contribution in [1.29, 1.82) is 0 Å². The molecular formula is C26H20FN5. The highest BCUT2D eigenvalue weighted by Gasteiger charge is 2.15. The summed E-state index contributed by atoms with van der Waals surface area (Å²) < 4.78 is 13.8. The molecule has 0 aliphatic rings. The number of benzene rings is 2. The first-order chi connectivity index (χ1) is 15.7. The van der Waals surface area contributed by atoms with Gasteiger partial charge in [-0.15, -0.1) is 0 Å². The number of halogens is 1. The fraction of sp³-hybridized carbons (Fsp3) is 0.0385. The topological polar surface area (TPSA) is 69.7 Å². The number of aromatic amines is 2. The summed E-state index contributed by atoms with van der Waals surface area (Å²) in [6, 6.07) is 14.6. The number of hydrogen-bond acceptors (Lipinski definition) is 3. The molecule has 0 unspecified atom stereocenters. The van der Waals surface area contributed by atoms with E-state index in [1.807, 2.05) is 37.3 Å². The molecule has 0 bridgehead atoms. The summed E-state index contributed by atoms with van der Waals surface area (Å²) in [5.74, 6) is -0.278. The number of pyridine rings is 1. The predicted molar refractivity (Wildman–Crippen MR) is 129 cm³/mol. The highest BCUT2D eigenvalue weighted by Crippen LogP contribution is 2.34. The molecule has 3 heterocycles. The van der Waals surface area contributed by atoms with Gasteiger partial charge in [-0.05, 0) is 42.8 Å². The van der Waals surface area contributed by atoms with Crippen LogP contribution in [0.5, 0.6) is 0 Å². The van der Waals surface area contributed by atoms with Gasteiger partial charge in [-0.2, -0.15) is 5.10 Å². The van der Waals surface area contributed by atoms with Crippen LogP contribution in [0.1, 0.15) is 12.5 Å². The molecule has 0 amide bonds. The Balaban J connectivity index is 1.65. The molecule has 0 aliphatic carbocycles. The average molecular weight is 421 g/mol. The van der Waals surface area contributed by atoms with Gasteiger partial charge in [0.15, 0.2) is 0 Å². The highest BCUT2D eigenvalue weighted by atomic mass is 19.1. The smallest absolute Gasteiger partial charge is 0.123 e. The van der Waals surface area contributed by atoms with Crippen molar-refractivity contribution in [3.63, 3.8) is 0 Å². The highest BCUT2D eigenvalue weighted by molar-refractivity contribution is 6.01. The lowest BCUT2D eigenvalue weighted by Gasteiger charge is -2.02. The quantitative estimate of drug-likeness (QED) is 0.317. The zero-order valence-corrected chi connectivity index (χ0v) is 17.4. The number of H-pyrrole nitrogens is 2. The Hall–Kier alpha value is -4.32. The lowest BCUT2D eigenvalue weighted by Crippen LogP contribution is -1.83. The van der Waals surface area contributed by atoms with Crippen molar-refractivity contribution in [2.24, 2.45) is 4.99 Å². The lowest BCUT2D eigenvalue weighted by atomic mass is 10.0. The third kappa shape index (κ3) is 3.41.